The van der Waals surface area contributed by atoms with Crippen LogP contribution in [0.1, 0.15) is 65.7 Å². The fraction of sp³-hybridized carbons (Fsp3) is 0.826. The predicted octanol–water partition coefficient (Wildman–Crippen LogP) is 2.08. The Balaban J connectivity index is 0.00000261. The molecule has 27 heavy (non-hydrogen) atoms. The monoisotopic (exact) mass is 489 g/mol. The summed E-state index contributed by atoms with van der Waals surface area (Å²) in [5.41, 5.74) is 3.06. The Kier molecular flexibility index (Phi) is 9.30. The second kappa shape index (κ2) is 10.7. The van der Waals surface area contributed by atoms with Gasteiger partial charge in [0.15, 0.2) is 6.29 Å². The maximum atomic E-state index is 6.41. The van der Waals surface area contributed by atoms with E-state index in [4.69, 9.17) is 9.47 Å². The van der Waals surface area contributed by atoms with Gasteiger partial charge >= 0.3 is 0 Å². The molecule has 0 aromatic rings. The quantitative estimate of drug-likeness (QED) is 0.323. The standard InChI is InChI=1S/C23H40NO2.HI/c1-18(2)9-8-10-20-11-12-22(19(3)15-20)23-25-17-21(26-23)16-24(4)13-6-5-7-14-24;/h9,11,19,21-23H,5-8,10,12-17H2,1-4H3;1H/q+1;/p-1. The van der Waals surface area contributed by atoms with Crippen molar-refractivity contribution in [2.24, 2.45) is 11.8 Å². The maximum Gasteiger partial charge on any atom is 0.161 e. The third-order valence-corrected chi connectivity index (χ3v) is 6.67. The summed E-state index contributed by atoms with van der Waals surface area (Å²) in [6.07, 6.45) is 14.0. The number of ether oxygens (including phenoxy) is 2. The van der Waals surface area contributed by atoms with E-state index in [0.29, 0.717) is 17.9 Å². The topological polar surface area (TPSA) is 18.5 Å². The Hall–Kier alpha value is 0.0900. The van der Waals surface area contributed by atoms with Gasteiger partial charge in [-0.2, -0.15) is 0 Å². The Morgan fingerprint density at radius 2 is 1.96 bits per heavy atom. The first kappa shape index (κ1) is 23.4. The summed E-state index contributed by atoms with van der Waals surface area (Å²) in [5, 5.41) is 0. The molecule has 0 amide bonds. The number of allylic oxidation sites excluding steroid dienone is 4. The molecule has 0 aromatic carbocycles. The van der Waals surface area contributed by atoms with E-state index in [0.717, 1.165) is 19.6 Å². The van der Waals surface area contributed by atoms with E-state index in [1.165, 1.54) is 61.7 Å². The van der Waals surface area contributed by atoms with Crippen LogP contribution in [0.2, 0.25) is 0 Å². The van der Waals surface area contributed by atoms with Crippen molar-refractivity contribution in [1.29, 1.82) is 0 Å². The SMILES string of the molecule is CC(C)=CCCC1=CCC(C2OCC(C[N+]3(C)CCCCC3)O2)C(C)C1.[I-]. The zero-order valence-corrected chi connectivity index (χ0v) is 20.0. The minimum atomic E-state index is 0. The molecular weight excluding hydrogens is 449 g/mol. The predicted molar refractivity (Wildman–Crippen MR) is 108 cm³/mol. The molecule has 0 saturated carbocycles. The first-order chi connectivity index (χ1) is 12.5. The first-order valence-electron chi connectivity index (χ1n) is 10.9. The number of hydrogen-bond acceptors (Lipinski definition) is 2. The number of rotatable bonds is 6. The highest BCUT2D eigenvalue weighted by Crippen LogP contribution is 2.37. The van der Waals surface area contributed by atoms with Crippen molar-refractivity contribution in [3.63, 3.8) is 0 Å². The van der Waals surface area contributed by atoms with Gasteiger partial charge in [-0.25, -0.2) is 0 Å². The highest BCUT2D eigenvalue weighted by molar-refractivity contribution is 5.10. The lowest BCUT2D eigenvalue weighted by atomic mass is 9.79. The highest BCUT2D eigenvalue weighted by Gasteiger charge is 2.40. The van der Waals surface area contributed by atoms with E-state index in [1.54, 1.807) is 5.57 Å². The molecule has 4 unspecified atom stereocenters. The second-order valence-corrected chi connectivity index (χ2v) is 9.53. The summed E-state index contributed by atoms with van der Waals surface area (Å²) >= 11 is 0. The number of quaternary nitrogens is 1. The number of likely N-dealkylation sites (N-methyl/N-ethyl adjacent to an activating group) is 1. The summed E-state index contributed by atoms with van der Waals surface area (Å²) in [5.74, 6) is 1.18. The average Bonchev–Trinajstić information content (AvgIpc) is 3.02. The lowest BCUT2D eigenvalue weighted by Gasteiger charge is -2.39. The highest BCUT2D eigenvalue weighted by atomic mass is 127. The molecule has 0 aromatic heterocycles. The van der Waals surface area contributed by atoms with Crippen molar-refractivity contribution in [1.82, 2.24) is 0 Å². The molecule has 2 aliphatic heterocycles. The van der Waals surface area contributed by atoms with Gasteiger partial charge in [0.1, 0.15) is 12.6 Å². The molecule has 0 bridgehead atoms. The molecular formula is C23H40INO2. The van der Waals surface area contributed by atoms with Crippen LogP contribution in [0.15, 0.2) is 23.3 Å². The van der Waals surface area contributed by atoms with Crippen molar-refractivity contribution in [2.45, 2.75) is 78.1 Å². The van der Waals surface area contributed by atoms with Crippen LogP contribution in [0.25, 0.3) is 0 Å². The van der Waals surface area contributed by atoms with Crippen molar-refractivity contribution in [3.8, 4) is 0 Å². The number of likely N-dealkylation sites (tertiary alicyclic amines) is 1. The minimum Gasteiger partial charge on any atom is -1.00 e. The molecule has 3 rings (SSSR count). The average molecular weight is 489 g/mol. The van der Waals surface area contributed by atoms with Crippen molar-refractivity contribution >= 4 is 0 Å². The molecule has 2 heterocycles. The van der Waals surface area contributed by atoms with E-state index >= 15 is 0 Å². The van der Waals surface area contributed by atoms with Gasteiger partial charge in [0.2, 0.25) is 0 Å². The van der Waals surface area contributed by atoms with Crippen molar-refractivity contribution in [2.75, 3.05) is 33.3 Å². The van der Waals surface area contributed by atoms with Gasteiger partial charge in [-0.05, 0) is 64.7 Å². The summed E-state index contributed by atoms with van der Waals surface area (Å²) in [7, 11) is 2.40. The van der Waals surface area contributed by atoms with Crippen LogP contribution in [-0.2, 0) is 9.47 Å². The second-order valence-electron chi connectivity index (χ2n) is 9.53. The summed E-state index contributed by atoms with van der Waals surface area (Å²) in [4.78, 5) is 0. The molecule has 0 spiro atoms. The summed E-state index contributed by atoms with van der Waals surface area (Å²) in [6, 6.07) is 0. The smallest absolute Gasteiger partial charge is 0.161 e. The zero-order chi connectivity index (χ0) is 18.6. The van der Waals surface area contributed by atoms with E-state index in [1.807, 2.05) is 0 Å². The van der Waals surface area contributed by atoms with Crippen LogP contribution in [0, 0.1) is 11.8 Å². The number of piperidine rings is 1. The molecule has 0 N–H and O–H groups in total. The molecule has 2 saturated heterocycles. The molecule has 4 atom stereocenters. The van der Waals surface area contributed by atoms with Crippen LogP contribution in [-0.4, -0.2) is 50.2 Å². The van der Waals surface area contributed by atoms with E-state index in [9.17, 15) is 0 Å². The fourth-order valence-electron chi connectivity index (χ4n) is 5.05. The lowest BCUT2D eigenvalue weighted by molar-refractivity contribution is -0.916. The molecule has 156 valence electrons. The number of nitrogens with zero attached hydrogens (tertiary/aromatic N) is 1. The third kappa shape index (κ3) is 6.83. The Morgan fingerprint density at radius 1 is 1.22 bits per heavy atom. The Morgan fingerprint density at radius 3 is 2.63 bits per heavy atom. The van der Waals surface area contributed by atoms with Gasteiger partial charge in [0, 0.05) is 5.92 Å². The largest absolute Gasteiger partial charge is 1.00 e. The van der Waals surface area contributed by atoms with Crippen LogP contribution in [0.3, 0.4) is 0 Å². The van der Waals surface area contributed by atoms with E-state index < -0.39 is 0 Å². The summed E-state index contributed by atoms with van der Waals surface area (Å²) < 4.78 is 13.7. The first-order valence-corrected chi connectivity index (χ1v) is 10.9. The normalized spacial score (nSPS) is 33.1. The molecule has 0 radical (unpaired) electrons. The van der Waals surface area contributed by atoms with Gasteiger partial charge in [-0.15, -0.1) is 0 Å². The van der Waals surface area contributed by atoms with Crippen LogP contribution in [0.5, 0.6) is 0 Å². The van der Waals surface area contributed by atoms with E-state index in [2.05, 4.69) is 40.0 Å². The minimum absolute atomic E-state index is 0. The fourth-order valence-corrected chi connectivity index (χ4v) is 5.05. The molecule has 2 fully saturated rings. The lowest BCUT2D eigenvalue weighted by Crippen LogP contribution is -3.00. The summed E-state index contributed by atoms with van der Waals surface area (Å²) in [6.45, 7) is 11.3. The molecule has 1 aliphatic carbocycles. The van der Waals surface area contributed by atoms with Gasteiger partial charge in [-0.1, -0.05) is 30.2 Å². The van der Waals surface area contributed by atoms with Crippen LogP contribution < -0.4 is 24.0 Å². The Bertz CT molecular complexity index is 520. The number of halogens is 1. The van der Waals surface area contributed by atoms with Gasteiger partial charge in [0.25, 0.3) is 0 Å². The molecule has 4 heteroatoms. The molecule has 3 aliphatic rings. The van der Waals surface area contributed by atoms with Crippen LogP contribution in [0.4, 0.5) is 0 Å². The van der Waals surface area contributed by atoms with Crippen molar-refractivity contribution in [3.05, 3.63) is 23.3 Å². The van der Waals surface area contributed by atoms with Gasteiger partial charge in [0.05, 0.1) is 26.7 Å². The maximum absolute atomic E-state index is 6.41. The third-order valence-electron chi connectivity index (χ3n) is 6.67. The van der Waals surface area contributed by atoms with Gasteiger partial charge in [-0.3, -0.25) is 0 Å². The van der Waals surface area contributed by atoms with Crippen LogP contribution >= 0.6 is 0 Å². The Labute approximate surface area is 184 Å². The van der Waals surface area contributed by atoms with Gasteiger partial charge < -0.3 is 37.9 Å². The zero-order valence-electron chi connectivity index (χ0n) is 17.9. The number of hydrogen-bond donors (Lipinski definition) is 0. The van der Waals surface area contributed by atoms with Crippen molar-refractivity contribution < 1.29 is 37.9 Å². The molecule has 3 nitrogen and oxygen atoms in total. The van der Waals surface area contributed by atoms with E-state index in [-0.39, 0.29) is 30.3 Å².